The van der Waals surface area contributed by atoms with E-state index in [1.54, 1.807) is 0 Å². The lowest BCUT2D eigenvalue weighted by molar-refractivity contribution is -0.0494. The van der Waals surface area contributed by atoms with Gasteiger partial charge in [-0.05, 0) is 74.2 Å². The number of benzene rings is 1. The summed E-state index contributed by atoms with van der Waals surface area (Å²) in [5, 5.41) is 3.61. The standard InChI is InChI=1S/C24H31N3OS/c1-26(21-17-11-15-10-16(13-17)14-18(21)12-15)23(28)27-8-6-24(7-9-27)20-5-3-2-4-19(20)22(29)25-24/h2-5,15-18,21H,6-14H2,1H3,(H,25,29). The van der Waals surface area contributed by atoms with Crippen LogP contribution in [0.5, 0.6) is 0 Å². The van der Waals surface area contributed by atoms with Gasteiger partial charge in [-0.1, -0.05) is 36.5 Å². The van der Waals surface area contributed by atoms with Crippen molar-refractivity contribution in [2.75, 3.05) is 20.1 Å². The Kier molecular flexibility index (Phi) is 4.03. The molecule has 2 heterocycles. The SMILES string of the molecule is CN(C(=O)N1CCC2(CC1)NC(=S)c1ccccc12)C1C2CC3CC(C2)CC1C3. The van der Waals surface area contributed by atoms with Crippen molar-refractivity contribution < 1.29 is 4.79 Å². The van der Waals surface area contributed by atoms with Crippen LogP contribution in [0, 0.1) is 23.7 Å². The number of urea groups is 1. The summed E-state index contributed by atoms with van der Waals surface area (Å²) < 4.78 is 0. The van der Waals surface area contributed by atoms with Crippen LogP contribution in [0.4, 0.5) is 4.79 Å². The van der Waals surface area contributed by atoms with Crippen molar-refractivity contribution in [1.82, 2.24) is 15.1 Å². The van der Waals surface area contributed by atoms with Crippen LogP contribution in [0.25, 0.3) is 0 Å². The van der Waals surface area contributed by atoms with Gasteiger partial charge in [0.25, 0.3) is 0 Å². The molecule has 1 aromatic rings. The second-order valence-electron chi connectivity index (χ2n) is 10.4. The molecule has 0 unspecified atom stereocenters. The number of hydrogen-bond acceptors (Lipinski definition) is 2. The van der Waals surface area contributed by atoms with E-state index in [2.05, 4.69) is 46.4 Å². The fraction of sp³-hybridized carbons (Fsp3) is 0.667. The number of hydrogen-bond donors (Lipinski definition) is 1. The number of rotatable bonds is 1. The maximum atomic E-state index is 13.4. The van der Waals surface area contributed by atoms with Crippen LogP contribution in [0.15, 0.2) is 24.3 Å². The first-order chi connectivity index (χ1) is 14.0. The zero-order chi connectivity index (χ0) is 19.8. The molecule has 4 nitrogen and oxygen atoms in total. The van der Waals surface area contributed by atoms with Crippen LogP contribution < -0.4 is 5.32 Å². The maximum Gasteiger partial charge on any atom is 0.320 e. The minimum absolute atomic E-state index is 0.0777. The molecular formula is C24H31N3OS. The number of carbonyl (C=O) groups excluding carboxylic acids is 1. The number of carbonyl (C=O) groups is 1. The van der Waals surface area contributed by atoms with E-state index < -0.39 is 0 Å². The normalized spacial score (nSPS) is 36.2. The summed E-state index contributed by atoms with van der Waals surface area (Å²) in [4.78, 5) is 18.6. The van der Waals surface area contributed by atoms with Crippen LogP contribution >= 0.6 is 12.2 Å². The van der Waals surface area contributed by atoms with Gasteiger partial charge in [0.2, 0.25) is 0 Å². The van der Waals surface area contributed by atoms with Gasteiger partial charge in [-0.15, -0.1) is 0 Å². The Morgan fingerprint density at radius 2 is 1.69 bits per heavy atom. The topological polar surface area (TPSA) is 35.6 Å². The largest absolute Gasteiger partial charge is 0.366 e. The van der Waals surface area contributed by atoms with E-state index in [0.29, 0.717) is 6.04 Å². The molecule has 0 radical (unpaired) electrons. The summed E-state index contributed by atoms with van der Waals surface area (Å²) in [6, 6.07) is 9.23. The van der Waals surface area contributed by atoms with Crippen molar-refractivity contribution in [2.24, 2.45) is 23.7 Å². The van der Waals surface area contributed by atoms with E-state index in [1.807, 2.05) is 0 Å². The lowest BCUT2D eigenvalue weighted by Gasteiger charge is -2.57. The first kappa shape index (κ1) is 18.2. The summed E-state index contributed by atoms with van der Waals surface area (Å²) in [6.07, 6.45) is 8.76. The Hall–Kier alpha value is -1.62. The van der Waals surface area contributed by atoms with Crippen LogP contribution in [-0.2, 0) is 5.54 Å². The zero-order valence-electron chi connectivity index (χ0n) is 17.3. The number of nitrogens with zero attached hydrogens (tertiary/aromatic N) is 2. The second kappa shape index (κ2) is 6.44. The third kappa shape index (κ3) is 2.69. The molecule has 29 heavy (non-hydrogen) atoms. The number of fused-ring (bicyclic) bond motifs is 2. The van der Waals surface area contributed by atoms with Crippen molar-refractivity contribution in [3.63, 3.8) is 0 Å². The van der Waals surface area contributed by atoms with Gasteiger partial charge in [0.1, 0.15) is 4.99 Å². The molecule has 4 saturated carbocycles. The molecule has 154 valence electrons. The minimum atomic E-state index is -0.0777. The van der Waals surface area contributed by atoms with E-state index in [9.17, 15) is 4.79 Å². The van der Waals surface area contributed by atoms with Crippen molar-refractivity contribution in [3.05, 3.63) is 35.4 Å². The molecule has 5 heteroatoms. The number of thiocarbonyl (C=S) groups is 1. The molecule has 5 fully saturated rings. The molecule has 0 atom stereocenters. The van der Waals surface area contributed by atoms with E-state index >= 15 is 0 Å². The van der Waals surface area contributed by atoms with Gasteiger partial charge in [-0.2, -0.15) is 0 Å². The van der Waals surface area contributed by atoms with Crippen LogP contribution in [0.3, 0.4) is 0 Å². The molecule has 2 amide bonds. The Labute approximate surface area is 179 Å². The smallest absolute Gasteiger partial charge is 0.320 e. The highest BCUT2D eigenvalue weighted by atomic mass is 32.1. The van der Waals surface area contributed by atoms with Gasteiger partial charge in [0.05, 0.1) is 5.54 Å². The van der Waals surface area contributed by atoms with Crippen LogP contribution in [-0.4, -0.2) is 47.0 Å². The van der Waals surface area contributed by atoms with Crippen molar-refractivity contribution in [3.8, 4) is 0 Å². The van der Waals surface area contributed by atoms with Crippen LogP contribution in [0.1, 0.15) is 56.1 Å². The van der Waals surface area contributed by atoms with E-state index in [4.69, 9.17) is 12.2 Å². The predicted octanol–water partition coefficient (Wildman–Crippen LogP) is 4.13. The third-order valence-corrected chi connectivity index (χ3v) is 9.18. The summed E-state index contributed by atoms with van der Waals surface area (Å²) in [6.45, 7) is 1.61. The molecule has 1 aromatic carbocycles. The van der Waals surface area contributed by atoms with Gasteiger partial charge < -0.3 is 15.1 Å². The Morgan fingerprint density at radius 1 is 1.07 bits per heavy atom. The summed E-state index contributed by atoms with van der Waals surface area (Å²) in [5.41, 5.74) is 2.42. The van der Waals surface area contributed by atoms with Crippen molar-refractivity contribution in [2.45, 2.75) is 56.5 Å². The van der Waals surface area contributed by atoms with Gasteiger partial charge in [-0.25, -0.2) is 4.79 Å². The Bertz CT molecular complexity index is 831. The monoisotopic (exact) mass is 409 g/mol. The number of likely N-dealkylation sites (tertiary alicyclic amines) is 1. The Balaban J connectivity index is 1.16. The molecule has 4 aliphatic carbocycles. The molecule has 4 bridgehead atoms. The molecule has 2 aliphatic heterocycles. The fourth-order valence-electron chi connectivity index (χ4n) is 7.80. The predicted molar refractivity (Wildman–Crippen MR) is 118 cm³/mol. The lowest BCUT2D eigenvalue weighted by atomic mass is 9.54. The Morgan fingerprint density at radius 3 is 2.34 bits per heavy atom. The van der Waals surface area contributed by atoms with Gasteiger partial charge in [0.15, 0.2) is 0 Å². The highest BCUT2D eigenvalue weighted by molar-refractivity contribution is 7.80. The average molecular weight is 410 g/mol. The number of nitrogens with one attached hydrogen (secondary N) is 1. The third-order valence-electron chi connectivity index (χ3n) is 8.85. The highest BCUT2D eigenvalue weighted by Crippen LogP contribution is 2.55. The minimum Gasteiger partial charge on any atom is -0.366 e. The summed E-state index contributed by atoms with van der Waals surface area (Å²) >= 11 is 5.59. The molecule has 6 aliphatic rings. The fourth-order valence-corrected chi connectivity index (χ4v) is 8.18. The average Bonchev–Trinajstić information content (AvgIpc) is 2.99. The van der Waals surface area contributed by atoms with E-state index in [0.717, 1.165) is 54.6 Å². The van der Waals surface area contributed by atoms with Gasteiger partial charge in [-0.3, -0.25) is 0 Å². The summed E-state index contributed by atoms with van der Waals surface area (Å²) in [5.74, 6) is 3.39. The van der Waals surface area contributed by atoms with Crippen molar-refractivity contribution >= 4 is 23.2 Å². The van der Waals surface area contributed by atoms with Gasteiger partial charge in [0, 0.05) is 31.7 Å². The molecular weight excluding hydrogens is 378 g/mol. The molecule has 0 aromatic heterocycles. The highest BCUT2D eigenvalue weighted by Gasteiger charge is 2.51. The maximum absolute atomic E-state index is 13.4. The van der Waals surface area contributed by atoms with E-state index in [1.165, 1.54) is 43.2 Å². The van der Waals surface area contributed by atoms with E-state index in [-0.39, 0.29) is 11.6 Å². The van der Waals surface area contributed by atoms with Crippen molar-refractivity contribution in [1.29, 1.82) is 0 Å². The lowest BCUT2D eigenvalue weighted by Crippen LogP contribution is -2.60. The molecule has 7 rings (SSSR count). The van der Waals surface area contributed by atoms with Gasteiger partial charge >= 0.3 is 6.03 Å². The molecule has 1 N–H and O–H groups in total. The zero-order valence-corrected chi connectivity index (χ0v) is 18.1. The number of amides is 2. The quantitative estimate of drug-likeness (QED) is 0.709. The first-order valence-corrected chi connectivity index (χ1v) is 11.9. The first-order valence-electron chi connectivity index (χ1n) is 11.5. The molecule has 1 spiro atoms. The summed E-state index contributed by atoms with van der Waals surface area (Å²) in [7, 11) is 2.08. The molecule has 1 saturated heterocycles. The second-order valence-corrected chi connectivity index (χ2v) is 10.8. The number of piperidine rings is 1. The van der Waals surface area contributed by atoms with Crippen LogP contribution in [0.2, 0.25) is 0 Å².